The van der Waals surface area contributed by atoms with Gasteiger partial charge in [-0.2, -0.15) is 0 Å². The molecule has 3 N–H and O–H groups in total. The molecule has 0 amide bonds. The lowest BCUT2D eigenvalue weighted by molar-refractivity contribution is 0.286. The maximum absolute atomic E-state index is 13.2. The van der Waals surface area contributed by atoms with E-state index in [0.29, 0.717) is 13.2 Å². The second-order valence-corrected chi connectivity index (χ2v) is 3.43. The minimum absolute atomic E-state index is 0.256. The maximum Gasteiger partial charge on any atom is 0.165 e. The third-order valence-corrected chi connectivity index (χ3v) is 2.25. The number of rotatable bonds is 4. The molecule has 0 radical (unpaired) electrons. The molecule has 0 aliphatic carbocycles. The van der Waals surface area contributed by atoms with Crippen LogP contribution in [0.2, 0.25) is 0 Å². The van der Waals surface area contributed by atoms with Crippen molar-refractivity contribution in [1.82, 2.24) is 4.98 Å². The van der Waals surface area contributed by atoms with E-state index >= 15 is 0 Å². The van der Waals surface area contributed by atoms with Crippen LogP contribution in [0.4, 0.5) is 4.39 Å². The number of H-pyrrole nitrogens is 1. The molecule has 84 valence electrons. The molecule has 0 fully saturated rings. The van der Waals surface area contributed by atoms with Crippen LogP contribution in [0.5, 0.6) is 5.75 Å². The summed E-state index contributed by atoms with van der Waals surface area (Å²) in [6.45, 7) is 0.765. The van der Waals surface area contributed by atoms with Gasteiger partial charge in [-0.1, -0.05) is 12.1 Å². The van der Waals surface area contributed by atoms with Crippen LogP contribution in [0.1, 0.15) is 11.4 Å². The van der Waals surface area contributed by atoms with E-state index in [-0.39, 0.29) is 11.6 Å². The van der Waals surface area contributed by atoms with Gasteiger partial charge in [0.05, 0.1) is 5.69 Å². The zero-order valence-electron chi connectivity index (χ0n) is 8.74. The van der Waals surface area contributed by atoms with Gasteiger partial charge >= 0.3 is 0 Å². The first-order valence-corrected chi connectivity index (χ1v) is 5.04. The monoisotopic (exact) mass is 220 g/mol. The van der Waals surface area contributed by atoms with Gasteiger partial charge in [0.1, 0.15) is 6.61 Å². The summed E-state index contributed by atoms with van der Waals surface area (Å²) in [6.07, 6.45) is 0. The molecule has 2 rings (SSSR count). The summed E-state index contributed by atoms with van der Waals surface area (Å²) in [6, 6.07) is 10.1. The number of benzene rings is 1. The number of nitrogens with one attached hydrogen (secondary N) is 1. The second-order valence-electron chi connectivity index (χ2n) is 3.43. The Morgan fingerprint density at radius 2 is 1.88 bits per heavy atom. The highest BCUT2D eigenvalue weighted by Gasteiger charge is 2.02. The van der Waals surface area contributed by atoms with E-state index in [1.807, 2.05) is 12.1 Å². The largest absolute Gasteiger partial charge is 0.484 e. The number of aromatic nitrogens is 1. The Kier molecular flexibility index (Phi) is 3.22. The van der Waals surface area contributed by atoms with Gasteiger partial charge in [0.25, 0.3) is 0 Å². The Morgan fingerprint density at radius 1 is 1.12 bits per heavy atom. The Morgan fingerprint density at radius 3 is 2.56 bits per heavy atom. The van der Waals surface area contributed by atoms with Gasteiger partial charge in [-0.15, -0.1) is 0 Å². The zero-order chi connectivity index (χ0) is 11.4. The molecule has 0 bridgehead atoms. The zero-order valence-corrected chi connectivity index (χ0v) is 8.74. The quantitative estimate of drug-likeness (QED) is 0.829. The van der Waals surface area contributed by atoms with Gasteiger partial charge in [0.15, 0.2) is 11.6 Å². The minimum atomic E-state index is -0.354. The molecular weight excluding hydrogens is 207 g/mol. The van der Waals surface area contributed by atoms with E-state index in [4.69, 9.17) is 10.5 Å². The molecule has 0 saturated heterocycles. The molecule has 1 aromatic carbocycles. The summed E-state index contributed by atoms with van der Waals surface area (Å²) in [4.78, 5) is 3.08. The molecule has 0 atom stereocenters. The van der Waals surface area contributed by atoms with Crippen molar-refractivity contribution in [2.45, 2.75) is 13.2 Å². The normalized spacial score (nSPS) is 10.4. The predicted octanol–water partition coefficient (Wildman–Crippen LogP) is 2.19. The molecule has 4 heteroatoms. The number of halogens is 1. The molecule has 1 heterocycles. The first-order valence-electron chi connectivity index (χ1n) is 5.04. The first kappa shape index (κ1) is 10.7. The fourth-order valence-corrected chi connectivity index (χ4v) is 1.41. The lowest BCUT2D eigenvalue weighted by Crippen LogP contribution is -2.00. The first-order chi connectivity index (χ1) is 7.79. The standard InChI is InChI=1S/C12H13FN2O/c13-11-3-1-2-4-12(11)16-8-10-6-5-9(7-14)15-10/h1-6,15H,7-8,14H2. The topological polar surface area (TPSA) is 51.0 Å². The summed E-state index contributed by atoms with van der Waals surface area (Å²) in [7, 11) is 0. The number of nitrogens with two attached hydrogens (primary N) is 1. The summed E-state index contributed by atoms with van der Waals surface area (Å²) < 4.78 is 18.5. The smallest absolute Gasteiger partial charge is 0.165 e. The van der Waals surface area contributed by atoms with Crippen molar-refractivity contribution in [3.8, 4) is 5.75 Å². The highest BCUT2D eigenvalue weighted by Crippen LogP contribution is 2.16. The molecule has 3 nitrogen and oxygen atoms in total. The third kappa shape index (κ3) is 2.41. The Labute approximate surface area is 93.0 Å². The van der Waals surface area contributed by atoms with Crippen LogP contribution in [0.25, 0.3) is 0 Å². The molecule has 1 aromatic heterocycles. The molecule has 0 unspecified atom stereocenters. The lowest BCUT2D eigenvalue weighted by atomic mass is 10.3. The van der Waals surface area contributed by atoms with Crippen molar-refractivity contribution in [3.05, 3.63) is 53.6 Å². The summed E-state index contributed by atoms with van der Waals surface area (Å²) in [5.41, 5.74) is 7.28. The van der Waals surface area contributed by atoms with Gasteiger partial charge in [0.2, 0.25) is 0 Å². The fourth-order valence-electron chi connectivity index (χ4n) is 1.41. The number of hydrogen-bond donors (Lipinski definition) is 2. The van der Waals surface area contributed by atoms with Crippen molar-refractivity contribution in [2.75, 3.05) is 0 Å². The minimum Gasteiger partial charge on any atom is -0.484 e. The van der Waals surface area contributed by atoms with Crippen molar-refractivity contribution in [2.24, 2.45) is 5.73 Å². The van der Waals surface area contributed by atoms with Crippen LogP contribution < -0.4 is 10.5 Å². The van der Waals surface area contributed by atoms with E-state index in [1.54, 1.807) is 18.2 Å². The molecule has 16 heavy (non-hydrogen) atoms. The van der Waals surface area contributed by atoms with Crippen LogP contribution in [-0.2, 0) is 13.2 Å². The molecule has 0 aliphatic rings. The van der Waals surface area contributed by atoms with Gasteiger partial charge in [0, 0.05) is 12.2 Å². The summed E-state index contributed by atoms with van der Waals surface area (Å²) >= 11 is 0. The Bertz CT molecular complexity index is 468. The van der Waals surface area contributed by atoms with Gasteiger partial charge in [-0.25, -0.2) is 4.39 Å². The van der Waals surface area contributed by atoms with Crippen LogP contribution in [0.3, 0.4) is 0 Å². The highest BCUT2D eigenvalue weighted by molar-refractivity contribution is 5.24. The van der Waals surface area contributed by atoms with E-state index < -0.39 is 0 Å². The summed E-state index contributed by atoms with van der Waals surface area (Å²) in [5.74, 6) is -0.0977. The average Bonchev–Trinajstić information content (AvgIpc) is 2.76. The average molecular weight is 220 g/mol. The molecule has 0 saturated carbocycles. The third-order valence-electron chi connectivity index (χ3n) is 2.25. The van der Waals surface area contributed by atoms with Gasteiger partial charge in [-0.05, 0) is 24.3 Å². The number of para-hydroxylation sites is 1. The Balaban J connectivity index is 1.99. The molecule has 2 aromatic rings. The lowest BCUT2D eigenvalue weighted by Gasteiger charge is -2.05. The van der Waals surface area contributed by atoms with Crippen LogP contribution in [-0.4, -0.2) is 4.98 Å². The van der Waals surface area contributed by atoms with Crippen molar-refractivity contribution in [3.63, 3.8) is 0 Å². The fraction of sp³-hybridized carbons (Fsp3) is 0.167. The number of hydrogen-bond acceptors (Lipinski definition) is 2. The van der Waals surface area contributed by atoms with Crippen LogP contribution in [0.15, 0.2) is 36.4 Å². The molecule has 0 aliphatic heterocycles. The van der Waals surface area contributed by atoms with E-state index in [2.05, 4.69) is 4.98 Å². The summed E-state index contributed by atoms with van der Waals surface area (Å²) in [5, 5.41) is 0. The number of ether oxygens (including phenoxy) is 1. The van der Waals surface area contributed by atoms with Crippen LogP contribution in [0, 0.1) is 5.82 Å². The highest BCUT2D eigenvalue weighted by atomic mass is 19.1. The van der Waals surface area contributed by atoms with E-state index in [1.165, 1.54) is 6.07 Å². The van der Waals surface area contributed by atoms with Crippen LogP contribution >= 0.6 is 0 Å². The molecule has 0 spiro atoms. The number of aromatic amines is 1. The Hall–Kier alpha value is -1.81. The predicted molar refractivity (Wildman–Crippen MR) is 59.4 cm³/mol. The second kappa shape index (κ2) is 4.81. The van der Waals surface area contributed by atoms with Crippen molar-refractivity contribution < 1.29 is 9.13 Å². The van der Waals surface area contributed by atoms with Gasteiger partial charge in [-0.3, -0.25) is 0 Å². The van der Waals surface area contributed by atoms with E-state index in [9.17, 15) is 4.39 Å². The SMILES string of the molecule is NCc1ccc(COc2ccccc2F)[nH]1. The van der Waals surface area contributed by atoms with Crippen molar-refractivity contribution >= 4 is 0 Å². The maximum atomic E-state index is 13.2. The van der Waals surface area contributed by atoms with E-state index in [0.717, 1.165) is 11.4 Å². The molecular formula is C12H13FN2O. The van der Waals surface area contributed by atoms with Crippen molar-refractivity contribution in [1.29, 1.82) is 0 Å². The van der Waals surface area contributed by atoms with Gasteiger partial charge < -0.3 is 15.5 Å².